The Bertz CT molecular complexity index is 740. The van der Waals surface area contributed by atoms with Crippen LogP contribution in [0.25, 0.3) is 10.8 Å². The van der Waals surface area contributed by atoms with Gasteiger partial charge in [-0.15, -0.1) is 0 Å². The van der Waals surface area contributed by atoms with Gasteiger partial charge < -0.3 is 10.8 Å². The summed E-state index contributed by atoms with van der Waals surface area (Å²) in [7, 11) is -3.88. The van der Waals surface area contributed by atoms with E-state index in [0.29, 0.717) is 0 Å². The number of fused-ring (bicyclic) bond motifs is 1. The van der Waals surface area contributed by atoms with E-state index in [4.69, 9.17) is 5.73 Å². The van der Waals surface area contributed by atoms with Crippen LogP contribution >= 0.6 is 0 Å². The quantitative estimate of drug-likeness (QED) is 0.865. The average molecular weight is 293 g/mol. The van der Waals surface area contributed by atoms with Crippen molar-refractivity contribution in [2.24, 2.45) is 5.73 Å². The van der Waals surface area contributed by atoms with Crippen molar-refractivity contribution in [3.63, 3.8) is 0 Å². The van der Waals surface area contributed by atoms with Gasteiger partial charge in [-0.3, -0.25) is 4.79 Å². The van der Waals surface area contributed by atoms with Gasteiger partial charge in [-0.05, 0) is 29.3 Å². The zero-order chi connectivity index (χ0) is 14.8. The molecular weight excluding hydrogens is 278 g/mol. The molecular formula is C14H15NO4S. The second kappa shape index (κ2) is 5.60. The van der Waals surface area contributed by atoms with Crippen molar-refractivity contribution in [1.29, 1.82) is 0 Å². The molecule has 0 spiro atoms. The molecule has 0 aliphatic rings. The molecule has 2 aromatic rings. The minimum Gasteiger partial charge on any atom is -0.377 e. The van der Waals surface area contributed by atoms with E-state index in [2.05, 4.69) is 0 Å². The van der Waals surface area contributed by atoms with E-state index in [-0.39, 0.29) is 17.7 Å². The summed E-state index contributed by atoms with van der Waals surface area (Å²) in [6.45, 7) is 0. The Morgan fingerprint density at radius 1 is 1.15 bits per heavy atom. The summed E-state index contributed by atoms with van der Waals surface area (Å²) in [6, 6.07) is 12.0. The molecule has 6 heteroatoms. The summed E-state index contributed by atoms with van der Waals surface area (Å²) in [6.07, 6.45) is -0.377. The number of aliphatic hydroxyl groups excluding tert-OH is 1. The Morgan fingerprint density at radius 2 is 1.80 bits per heavy atom. The fraction of sp³-hybridized carbons (Fsp3) is 0.214. The Balaban J connectivity index is 2.33. The molecule has 0 heterocycles. The number of sulfone groups is 1. The predicted molar refractivity (Wildman–Crippen MR) is 75.6 cm³/mol. The molecule has 2 rings (SSSR count). The lowest BCUT2D eigenvalue weighted by molar-refractivity contribution is -0.118. The smallest absolute Gasteiger partial charge is 0.217 e. The summed E-state index contributed by atoms with van der Waals surface area (Å²) >= 11 is 0. The van der Waals surface area contributed by atoms with Crippen LogP contribution in [0, 0.1) is 0 Å². The first-order valence-electron chi connectivity index (χ1n) is 6.10. The van der Waals surface area contributed by atoms with Crippen molar-refractivity contribution in [1.82, 2.24) is 0 Å². The third-order valence-corrected chi connectivity index (χ3v) is 4.91. The summed E-state index contributed by atoms with van der Waals surface area (Å²) in [5.41, 5.74) is 3.32. The Kier molecular flexibility index (Phi) is 4.06. The number of hydrogen-bond acceptors (Lipinski definition) is 4. The maximum absolute atomic E-state index is 12.2. The summed E-state index contributed by atoms with van der Waals surface area (Å²) < 4.78 is 24.4. The van der Waals surface area contributed by atoms with E-state index in [0.717, 1.165) is 10.8 Å². The van der Waals surface area contributed by atoms with Gasteiger partial charge in [0.2, 0.25) is 15.7 Å². The Labute approximate surface area is 116 Å². The number of carbonyl (C=O) groups excluding carboxylic acids is 1. The van der Waals surface area contributed by atoms with E-state index in [1.807, 2.05) is 18.2 Å². The van der Waals surface area contributed by atoms with Crippen LogP contribution in [0.4, 0.5) is 0 Å². The molecule has 1 amide bonds. The van der Waals surface area contributed by atoms with Gasteiger partial charge in [-0.25, -0.2) is 8.42 Å². The van der Waals surface area contributed by atoms with E-state index >= 15 is 0 Å². The fourth-order valence-electron chi connectivity index (χ4n) is 1.92. The van der Waals surface area contributed by atoms with E-state index in [1.165, 1.54) is 12.1 Å². The standard InChI is InChI=1S/C14H15NO4S/c15-13(16)7-8-14(17)20(18,19)12-6-5-10-3-1-2-4-11(10)9-12/h1-6,9,14,17H,7-8H2,(H2,15,16). The van der Waals surface area contributed by atoms with E-state index < -0.39 is 21.2 Å². The van der Waals surface area contributed by atoms with E-state index in [1.54, 1.807) is 12.1 Å². The molecule has 0 aliphatic heterocycles. The molecule has 1 unspecified atom stereocenters. The lowest BCUT2D eigenvalue weighted by atomic mass is 10.1. The molecule has 20 heavy (non-hydrogen) atoms. The summed E-state index contributed by atoms with van der Waals surface area (Å²) in [5.74, 6) is -0.641. The van der Waals surface area contributed by atoms with E-state index in [9.17, 15) is 18.3 Å². The molecule has 0 bridgehead atoms. The second-order valence-corrected chi connectivity index (χ2v) is 6.62. The third kappa shape index (κ3) is 2.97. The number of amides is 1. The highest BCUT2D eigenvalue weighted by Gasteiger charge is 2.25. The zero-order valence-electron chi connectivity index (χ0n) is 10.7. The number of rotatable bonds is 5. The first kappa shape index (κ1) is 14.5. The van der Waals surface area contributed by atoms with Crippen LogP contribution in [0.15, 0.2) is 47.4 Å². The zero-order valence-corrected chi connectivity index (χ0v) is 11.5. The lowest BCUT2D eigenvalue weighted by Gasteiger charge is -2.11. The maximum Gasteiger partial charge on any atom is 0.217 e. The van der Waals surface area contributed by atoms with Crippen LogP contribution in [0.2, 0.25) is 0 Å². The predicted octanol–water partition coefficient (Wildman–Crippen LogP) is 1.20. The van der Waals surface area contributed by atoms with Crippen molar-refractivity contribution < 1.29 is 18.3 Å². The van der Waals surface area contributed by atoms with Crippen LogP contribution in [-0.4, -0.2) is 24.9 Å². The highest BCUT2D eigenvalue weighted by atomic mass is 32.2. The molecule has 3 N–H and O–H groups in total. The fourth-order valence-corrected chi connectivity index (χ4v) is 3.21. The molecule has 0 fully saturated rings. The third-order valence-electron chi connectivity index (χ3n) is 3.05. The minimum atomic E-state index is -3.88. The average Bonchev–Trinajstić information content (AvgIpc) is 2.44. The van der Waals surface area contributed by atoms with Crippen LogP contribution in [0.3, 0.4) is 0 Å². The lowest BCUT2D eigenvalue weighted by Crippen LogP contribution is -2.23. The van der Waals surface area contributed by atoms with Gasteiger partial charge in [0.1, 0.15) is 0 Å². The molecule has 106 valence electrons. The van der Waals surface area contributed by atoms with Gasteiger partial charge >= 0.3 is 0 Å². The number of benzene rings is 2. The number of nitrogens with two attached hydrogens (primary N) is 1. The topological polar surface area (TPSA) is 97.5 Å². The molecule has 2 aromatic carbocycles. The highest BCUT2D eigenvalue weighted by molar-refractivity contribution is 7.91. The van der Waals surface area contributed by atoms with Gasteiger partial charge in [-0.2, -0.15) is 0 Å². The number of aliphatic hydroxyl groups is 1. The van der Waals surface area contributed by atoms with Crippen molar-refractivity contribution in [2.45, 2.75) is 23.2 Å². The number of hydrogen-bond donors (Lipinski definition) is 2. The second-order valence-electron chi connectivity index (χ2n) is 4.51. The monoisotopic (exact) mass is 293 g/mol. The number of primary amides is 1. The normalized spacial score (nSPS) is 13.2. The van der Waals surface area contributed by atoms with Crippen molar-refractivity contribution in [2.75, 3.05) is 0 Å². The van der Waals surface area contributed by atoms with Gasteiger partial charge in [0.05, 0.1) is 4.90 Å². The van der Waals surface area contributed by atoms with Crippen LogP contribution in [0.1, 0.15) is 12.8 Å². The molecule has 5 nitrogen and oxygen atoms in total. The SMILES string of the molecule is NC(=O)CCC(O)S(=O)(=O)c1ccc2ccccc2c1. The molecule has 0 aliphatic carbocycles. The van der Waals surface area contributed by atoms with Crippen LogP contribution in [-0.2, 0) is 14.6 Å². The van der Waals surface area contributed by atoms with Gasteiger partial charge in [0.15, 0.2) is 5.44 Å². The first-order chi connectivity index (χ1) is 9.41. The van der Waals surface area contributed by atoms with Gasteiger partial charge in [0, 0.05) is 6.42 Å². The maximum atomic E-state index is 12.2. The van der Waals surface area contributed by atoms with Crippen LogP contribution in [0.5, 0.6) is 0 Å². The van der Waals surface area contributed by atoms with Crippen molar-refractivity contribution >= 4 is 26.5 Å². The minimum absolute atomic E-state index is 0.0353. The van der Waals surface area contributed by atoms with Gasteiger partial charge in [0.25, 0.3) is 0 Å². The summed E-state index contributed by atoms with van der Waals surface area (Å²) in [5, 5.41) is 11.4. The molecule has 0 radical (unpaired) electrons. The Hall–Kier alpha value is -1.92. The van der Waals surface area contributed by atoms with Crippen molar-refractivity contribution in [3.8, 4) is 0 Å². The summed E-state index contributed by atoms with van der Waals surface area (Å²) in [4.78, 5) is 10.7. The number of carbonyl (C=O) groups is 1. The van der Waals surface area contributed by atoms with Crippen molar-refractivity contribution in [3.05, 3.63) is 42.5 Å². The largest absolute Gasteiger partial charge is 0.377 e. The molecule has 0 aromatic heterocycles. The molecule has 0 saturated carbocycles. The molecule has 0 saturated heterocycles. The van der Waals surface area contributed by atoms with Gasteiger partial charge in [-0.1, -0.05) is 30.3 Å². The Morgan fingerprint density at radius 3 is 2.45 bits per heavy atom. The van der Waals surface area contributed by atoms with Crippen LogP contribution < -0.4 is 5.73 Å². The molecule has 1 atom stereocenters. The highest BCUT2D eigenvalue weighted by Crippen LogP contribution is 2.22. The first-order valence-corrected chi connectivity index (χ1v) is 7.65.